The molecule has 1 aromatic carbocycles. The third kappa shape index (κ3) is 2.89. The first-order valence-corrected chi connectivity index (χ1v) is 5.02. The zero-order chi connectivity index (χ0) is 9.68. The highest BCUT2D eigenvalue weighted by Crippen LogP contribution is 2.25. The molecule has 1 aromatic rings. The fourth-order valence-corrected chi connectivity index (χ4v) is 1.70. The Bertz CT molecular complexity index is 278. The first-order chi connectivity index (χ1) is 6.27. The van der Waals surface area contributed by atoms with Crippen molar-refractivity contribution in [1.29, 1.82) is 0 Å². The summed E-state index contributed by atoms with van der Waals surface area (Å²) < 4.78 is 0. The van der Waals surface area contributed by atoms with Gasteiger partial charge in [-0.25, -0.2) is 0 Å². The third-order valence-electron chi connectivity index (χ3n) is 2.26. The molecule has 1 atom stereocenters. The maximum absolute atomic E-state index is 5.92. The number of hydrogen-bond donors (Lipinski definition) is 0. The van der Waals surface area contributed by atoms with E-state index in [1.165, 1.54) is 5.56 Å². The second-order valence-electron chi connectivity index (χ2n) is 3.18. The van der Waals surface area contributed by atoms with Crippen LogP contribution in [0, 0.1) is 0 Å². The Morgan fingerprint density at radius 1 is 1.54 bits per heavy atom. The van der Waals surface area contributed by atoms with Gasteiger partial charge in [0.25, 0.3) is 0 Å². The van der Waals surface area contributed by atoms with Crippen molar-refractivity contribution in [2.24, 2.45) is 0 Å². The number of allylic oxidation sites excluding steroid dienone is 1. The minimum Gasteiger partial charge on any atom is -0.103 e. The summed E-state index contributed by atoms with van der Waals surface area (Å²) in [5.41, 5.74) is 1.31. The van der Waals surface area contributed by atoms with Crippen LogP contribution in [0.2, 0.25) is 5.02 Å². The number of rotatable bonds is 4. The molecule has 0 saturated carbocycles. The topological polar surface area (TPSA) is 0 Å². The van der Waals surface area contributed by atoms with Gasteiger partial charge in [-0.05, 0) is 36.5 Å². The van der Waals surface area contributed by atoms with Gasteiger partial charge in [-0.15, -0.1) is 6.58 Å². The molecule has 13 heavy (non-hydrogen) atoms. The summed E-state index contributed by atoms with van der Waals surface area (Å²) in [6, 6.07) is 8.08. The fourth-order valence-electron chi connectivity index (χ4n) is 1.50. The van der Waals surface area contributed by atoms with Crippen LogP contribution in [-0.4, -0.2) is 0 Å². The normalized spacial score (nSPS) is 12.5. The molecule has 0 aromatic heterocycles. The predicted octanol–water partition coefficient (Wildman–Crippen LogP) is 4.41. The minimum absolute atomic E-state index is 0.566. The largest absolute Gasteiger partial charge is 0.103 e. The van der Waals surface area contributed by atoms with Gasteiger partial charge in [-0.1, -0.05) is 36.7 Å². The molecular formula is C12H15Cl. The van der Waals surface area contributed by atoms with E-state index >= 15 is 0 Å². The molecule has 0 nitrogen and oxygen atoms in total. The molecule has 0 aliphatic rings. The van der Waals surface area contributed by atoms with Gasteiger partial charge in [-0.3, -0.25) is 0 Å². The standard InChI is InChI=1S/C12H15Cl/c1-3-6-10(4-2)11-7-5-8-12(13)9-11/h3,5,7-10H,1,4,6H2,2H3. The molecule has 0 spiro atoms. The van der Waals surface area contributed by atoms with E-state index in [0.717, 1.165) is 17.9 Å². The fraction of sp³-hybridized carbons (Fsp3) is 0.333. The van der Waals surface area contributed by atoms with Crippen LogP contribution in [0.15, 0.2) is 36.9 Å². The van der Waals surface area contributed by atoms with Gasteiger partial charge < -0.3 is 0 Å². The monoisotopic (exact) mass is 194 g/mol. The van der Waals surface area contributed by atoms with E-state index in [4.69, 9.17) is 11.6 Å². The molecule has 0 saturated heterocycles. The Hall–Kier alpha value is -0.750. The average molecular weight is 195 g/mol. The van der Waals surface area contributed by atoms with Crippen molar-refractivity contribution in [2.45, 2.75) is 25.7 Å². The van der Waals surface area contributed by atoms with E-state index in [1.807, 2.05) is 24.3 Å². The minimum atomic E-state index is 0.566. The molecule has 0 N–H and O–H groups in total. The summed E-state index contributed by atoms with van der Waals surface area (Å²) in [6.45, 7) is 5.95. The summed E-state index contributed by atoms with van der Waals surface area (Å²) in [5.74, 6) is 0.566. The zero-order valence-corrected chi connectivity index (χ0v) is 8.72. The van der Waals surface area contributed by atoms with E-state index in [1.54, 1.807) is 0 Å². The van der Waals surface area contributed by atoms with Crippen LogP contribution in [-0.2, 0) is 0 Å². The molecule has 0 aliphatic heterocycles. The Balaban J connectivity index is 2.84. The number of halogens is 1. The molecule has 1 rings (SSSR count). The molecule has 0 radical (unpaired) electrons. The summed E-state index contributed by atoms with van der Waals surface area (Å²) in [5, 5.41) is 0.819. The lowest BCUT2D eigenvalue weighted by atomic mass is 9.93. The van der Waals surface area contributed by atoms with Crippen molar-refractivity contribution >= 4 is 11.6 Å². The van der Waals surface area contributed by atoms with Crippen LogP contribution in [0.3, 0.4) is 0 Å². The molecule has 0 fully saturated rings. The van der Waals surface area contributed by atoms with Gasteiger partial charge in [0.1, 0.15) is 0 Å². The van der Waals surface area contributed by atoms with E-state index < -0.39 is 0 Å². The molecule has 0 heterocycles. The van der Waals surface area contributed by atoms with E-state index in [2.05, 4.69) is 19.6 Å². The SMILES string of the molecule is C=CCC(CC)c1cccc(Cl)c1. The van der Waals surface area contributed by atoms with Crippen LogP contribution >= 0.6 is 11.6 Å². The van der Waals surface area contributed by atoms with Gasteiger partial charge in [0, 0.05) is 5.02 Å². The van der Waals surface area contributed by atoms with E-state index in [9.17, 15) is 0 Å². The summed E-state index contributed by atoms with van der Waals surface area (Å²) >= 11 is 5.92. The average Bonchev–Trinajstić information content (AvgIpc) is 2.14. The lowest BCUT2D eigenvalue weighted by Crippen LogP contribution is -1.95. The van der Waals surface area contributed by atoms with Crippen molar-refractivity contribution in [3.63, 3.8) is 0 Å². The van der Waals surface area contributed by atoms with Gasteiger partial charge in [0.2, 0.25) is 0 Å². The van der Waals surface area contributed by atoms with Gasteiger partial charge >= 0.3 is 0 Å². The maximum atomic E-state index is 5.92. The molecule has 0 bridgehead atoms. The quantitative estimate of drug-likeness (QED) is 0.623. The Morgan fingerprint density at radius 3 is 2.85 bits per heavy atom. The second-order valence-corrected chi connectivity index (χ2v) is 3.62. The van der Waals surface area contributed by atoms with Crippen LogP contribution in [0.5, 0.6) is 0 Å². The Kier molecular flexibility index (Phi) is 4.04. The van der Waals surface area contributed by atoms with E-state index in [-0.39, 0.29) is 0 Å². The van der Waals surface area contributed by atoms with Crippen molar-refractivity contribution < 1.29 is 0 Å². The number of benzene rings is 1. The lowest BCUT2D eigenvalue weighted by Gasteiger charge is -2.12. The highest BCUT2D eigenvalue weighted by atomic mass is 35.5. The first kappa shape index (κ1) is 10.3. The molecule has 70 valence electrons. The molecule has 1 heteroatoms. The first-order valence-electron chi connectivity index (χ1n) is 4.64. The smallest absolute Gasteiger partial charge is 0.0408 e. The molecule has 0 aliphatic carbocycles. The Morgan fingerprint density at radius 2 is 2.31 bits per heavy atom. The van der Waals surface area contributed by atoms with Crippen LogP contribution in [0.25, 0.3) is 0 Å². The van der Waals surface area contributed by atoms with Crippen molar-refractivity contribution in [3.8, 4) is 0 Å². The molecule has 1 unspecified atom stereocenters. The van der Waals surface area contributed by atoms with Crippen LogP contribution in [0.4, 0.5) is 0 Å². The molecule has 0 amide bonds. The van der Waals surface area contributed by atoms with Crippen molar-refractivity contribution in [1.82, 2.24) is 0 Å². The van der Waals surface area contributed by atoms with Gasteiger partial charge in [0.05, 0.1) is 0 Å². The Labute approximate surface area is 85.2 Å². The highest BCUT2D eigenvalue weighted by Gasteiger charge is 2.06. The lowest BCUT2D eigenvalue weighted by molar-refractivity contribution is 0.675. The summed E-state index contributed by atoms with van der Waals surface area (Å²) in [6.07, 6.45) is 4.12. The van der Waals surface area contributed by atoms with Crippen LogP contribution < -0.4 is 0 Å². The van der Waals surface area contributed by atoms with E-state index in [0.29, 0.717) is 5.92 Å². The predicted molar refractivity (Wildman–Crippen MR) is 59.3 cm³/mol. The van der Waals surface area contributed by atoms with Crippen molar-refractivity contribution in [3.05, 3.63) is 47.5 Å². The summed E-state index contributed by atoms with van der Waals surface area (Å²) in [7, 11) is 0. The van der Waals surface area contributed by atoms with Crippen LogP contribution in [0.1, 0.15) is 31.2 Å². The zero-order valence-electron chi connectivity index (χ0n) is 7.96. The van der Waals surface area contributed by atoms with Gasteiger partial charge in [0.15, 0.2) is 0 Å². The molecular weight excluding hydrogens is 180 g/mol. The second kappa shape index (κ2) is 5.08. The highest BCUT2D eigenvalue weighted by molar-refractivity contribution is 6.30. The maximum Gasteiger partial charge on any atom is 0.0408 e. The third-order valence-corrected chi connectivity index (χ3v) is 2.50. The number of hydrogen-bond acceptors (Lipinski definition) is 0. The van der Waals surface area contributed by atoms with Crippen molar-refractivity contribution in [2.75, 3.05) is 0 Å². The van der Waals surface area contributed by atoms with Gasteiger partial charge in [-0.2, -0.15) is 0 Å². The summed E-state index contributed by atoms with van der Waals surface area (Å²) in [4.78, 5) is 0.